The number of hydrogen-bond donors (Lipinski definition) is 0. The maximum Gasteiger partial charge on any atom is 0.200 e. The highest BCUT2D eigenvalue weighted by atomic mass is 79.9. The molecule has 0 amide bonds. The van der Waals surface area contributed by atoms with Crippen molar-refractivity contribution in [2.45, 2.75) is 0 Å². The van der Waals surface area contributed by atoms with Gasteiger partial charge < -0.3 is 0 Å². The fourth-order valence-corrected chi connectivity index (χ4v) is 3.22. The summed E-state index contributed by atoms with van der Waals surface area (Å²) in [7, 11) is 0. The predicted molar refractivity (Wildman–Crippen MR) is 84.0 cm³/mol. The van der Waals surface area contributed by atoms with Crippen LogP contribution in [0.15, 0.2) is 28.7 Å². The number of halogens is 6. The van der Waals surface area contributed by atoms with Gasteiger partial charge >= 0.3 is 0 Å². The molecule has 0 unspecified atom stereocenters. The van der Waals surface area contributed by atoms with E-state index in [4.69, 9.17) is 46.4 Å². The Labute approximate surface area is 142 Å². The molecule has 0 aliphatic rings. The fourth-order valence-electron chi connectivity index (χ4n) is 1.61. The van der Waals surface area contributed by atoms with Crippen LogP contribution in [0.5, 0.6) is 0 Å². The summed E-state index contributed by atoms with van der Waals surface area (Å²) >= 11 is 26.8. The van der Waals surface area contributed by atoms with Gasteiger partial charge in [0, 0.05) is 4.47 Å². The lowest BCUT2D eigenvalue weighted by atomic mass is 10.0. The summed E-state index contributed by atoms with van der Waals surface area (Å²) in [4.78, 5) is 12.5. The van der Waals surface area contributed by atoms with Gasteiger partial charge in [-0.2, -0.15) is 0 Å². The third kappa shape index (κ3) is 2.83. The molecule has 0 aromatic heterocycles. The van der Waals surface area contributed by atoms with E-state index in [0.29, 0.717) is 4.47 Å². The van der Waals surface area contributed by atoms with Gasteiger partial charge in [0.1, 0.15) is 5.82 Å². The van der Waals surface area contributed by atoms with E-state index in [2.05, 4.69) is 15.9 Å². The topological polar surface area (TPSA) is 17.1 Å². The number of carbonyl (C=O) groups excluding carboxylic acids is 1. The molecule has 0 saturated heterocycles. The molecule has 0 aliphatic carbocycles. The molecule has 20 heavy (non-hydrogen) atoms. The summed E-state index contributed by atoms with van der Waals surface area (Å²) in [5.74, 6) is -1.37. The van der Waals surface area contributed by atoms with Crippen LogP contribution in [-0.4, -0.2) is 5.78 Å². The third-order valence-electron chi connectivity index (χ3n) is 2.53. The first-order valence-electron chi connectivity index (χ1n) is 5.16. The Morgan fingerprint density at radius 1 is 1.00 bits per heavy atom. The van der Waals surface area contributed by atoms with Crippen LogP contribution in [-0.2, 0) is 0 Å². The molecular formula is C13H4BrCl4FO. The largest absolute Gasteiger partial charge is 0.288 e. The zero-order valence-corrected chi connectivity index (χ0v) is 14.1. The van der Waals surface area contributed by atoms with E-state index in [1.165, 1.54) is 18.2 Å². The van der Waals surface area contributed by atoms with Gasteiger partial charge in [0.25, 0.3) is 0 Å². The van der Waals surface area contributed by atoms with Crippen LogP contribution in [0, 0.1) is 5.82 Å². The Morgan fingerprint density at radius 3 is 2.25 bits per heavy atom. The maximum absolute atomic E-state index is 13.8. The minimum absolute atomic E-state index is 0.00422. The normalized spacial score (nSPS) is 10.7. The van der Waals surface area contributed by atoms with Gasteiger partial charge in [-0.1, -0.05) is 52.5 Å². The molecule has 0 radical (unpaired) electrons. The fraction of sp³-hybridized carbons (Fsp3) is 0. The lowest BCUT2D eigenvalue weighted by Gasteiger charge is -2.11. The number of hydrogen-bond acceptors (Lipinski definition) is 1. The highest BCUT2D eigenvalue weighted by molar-refractivity contribution is 9.10. The number of benzene rings is 2. The van der Waals surface area contributed by atoms with Crippen LogP contribution < -0.4 is 0 Å². The van der Waals surface area contributed by atoms with E-state index in [9.17, 15) is 9.18 Å². The second-order valence-electron chi connectivity index (χ2n) is 3.77. The second-order valence-corrected chi connectivity index (χ2v) is 6.19. The van der Waals surface area contributed by atoms with Gasteiger partial charge in [-0.05, 0) is 34.1 Å². The summed E-state index contributed by atoms with van der Waals surface area (Å²) in [5.41, 5.74) is -0.261. The lowest BCUT2D eigenvalue weighted by Crippen LogP contribution is -2.07. The predicted octanol–water partition coefficient (Wildman–Crippen LogP) is 6.43. The summed E-state index contributed by atoms with van der Waals surface area (Å²) in [6.07, 6.45) is 0. The Morgan fingerprint density at radius 2 is 1.65 bits per heavy atom. The highest BCUT2D eigenvalue weighted by Gasteiger charge is 2.24. The molecule has 0 saturated carbocycles. The quantitative estimate of drug-likeness (QED) is 0.313. The van der Waals surface area contributed by atoms with Crippen LogP contribution in [0.3, 0.4) is 0 Å². The standard InChI is InChI=1S/C13H4BrCl4FO/c14-5-2-1-3-8(19)9(5)13(20)10-6(15)4-7(16)11(17)12(10)18/h1-4H. The van der Waals surface area contributed by atoms with Crippen LogP contribution in [0.2, 0.25) is 20.1 Å². The number of carbonyl (C=O) groups is 1. The molecule has 2 aromatic rings. The summed E-state index contributed by atoms with van der Waals surface area (Å²) in [6, 6.07) is 5.46. The minimum atomic E-state index is -0.692. The molecule has 1 nitrogen and oxygen atoms in total. The molecule has 2 aromatic carbocycles. The Kier molecular flexibility index (Phi) is 4.98. The Bertz CT molecular complexity index is 698. The van der Waals surface area contributed by atoms with Crippen molar-refractivity contribution in [3.8, 4) is 0 Å². The van der Waals surface area contributed by atoms with Crippen molar-refractivity contribution in [3.05, 3.63) is 65.8 Å². The second kappa shape index (κ2) is 6.20. The minimum Gasteiger partial charge on any atom is -0.288 e. The van der Waals surface area contributed by atoms with Crippen molar-refractivity contribution < 1.29 is 9.18 Å². The van der Waals surface area contributed by atoms with Gasteiger partial charge in [-0.3, -0.25) is 4.79 Å². The lowest BCUT2D eigenvalue weighted by molar-refractivity contribution is 0.103. The van der Waals surface area contributed by atoms with Crippen molar-refractivity contribution in [2.75, 3.05) is 0 Å². The number of ketones is 1. The van der Waals surface area contributed by atoms with E-state index in [-0.39, 0.29) is 31.2 Å². The van der Waals surface area contributed by atoms with Crippen molar-refractivity contribution in [1.29, 1.82) is 0 Å². The van der Waals surface area contributed by atoms with Crippen molar-refractivity contribution >= 4 is 68.1 Å². The molecular weight excluding hydrogens is 413 g/mol. The molecule has 0 atom stereocenters. The molecule has 0 bridgehead atoms. The van der Waals surface area contributed by atoms with Crippen molar-refractivity contribution in [3.63, 3.8) is 0 Å². The van der Waals surface area contributed by atoms with Crippen LogP contribution in [0.25, 0.3) is 0 Å². The molecule has 0 fully saturated rings. The molecule has 0 heterocycles. The first-order chi connectivity index (χ1) is 9.34. The molecule has 0 spiro atoms. The van der Waals surface area contributed by atoms with Gasteiger partial charge in [0.15, 0.2) is 5.78 Å². The summed E-state index contributed by atoms with van der Waals surface area (Å²) in [6.45, 7) is 0. The van der Waals surface area contributed by atoms with Crippen LogP contribution in [0.1, 0.15) is 15.9 Å². The van der Waals surface area contributed by atoms with E-state index in [1.54, 1.807) is 0 Å². The monoisotopic (exact) mass is 414 g/mol. The molecule has 0 aliphatic heterocycles. The van der Waals surface area contributed by atoms with Gasteiger partial charge in [-0.15, -0.1) is 0 Å². The molecule has 0 N–H and O–H groups in total. The average molecular weight is 417 g/mol. The van der Waals surface area contributed by atoms with E-state index < -0.39 is 11.6 Å². The van der Waals surface area contributed by atoms with E-state index in [0.717, 1.165) is 6.07 Å². The van der Waals surface area contributed by atoms with Crippen LogP contribution in [0.4, 0.5) is 4.39 Å². The van der Waals surface area contributed by atoms with Gasteiger partial charge in [0.2, 0.25) is 0 Å². The van der Waals surface area contributed by atoms with E-state index >= 15 is 0 Å². The van der Waals surface area contributed by atoms with Gasteiger partial charge in [0.05, 0.1) is 31.2 Å². The van der Waals surface area contributed by atoms with Crippen molar-refractivity contribution in [2.24, 2.45) is 0 Å². The summed E-state index contributed by atoms with van der Waals surface area (Å²) in [5, 5.41) is 0.00762. The number of rotatable bonds is 2. The SMILES string of the molecule is O=C(c1c(F)cccc1Br)c1c(Cl)cc(Cl)c(Cl)c1Cl. The zero-order valence-electron chi connectivity index (χ0n) is 9.49. The van der Waals surface area contributed by atoms with E-state index in [1.807, 2.05) is 0 Å². The molecule has 104 valence electrons. The zero-order chi connectivity index (χ0) is 15.0. The maximum atomic E-state index is 13.8. The Hall–Kier alpha value is -0.320. The molecule has 7 heteroatoms. The van der Waals surface area contributed by atoms with Gasteiger partial charge in [-0.25, -0.2) is 4.39 Å². The summed E-state index contributed by atoms with van der Waals surface area (Å²) < 4.78 is 14.1. The highest BCUT2D eigenvalue weighted by Crippen LogP contribution is 2.39. The Balaban J connectivity index is 2.70. The van der Waals surface area contributed by atoms with Crippen molar-refractivity contribution in [1.82, 2.24) is 0 Å². The average Bonchev–Trinajstić information content (AvgIpc) is 2.36. The van der Waals surface area contributed by atoms with Crippen LogP contribution >= 0.6 is 62.3 Å². The first kappa shape index (κ1) is 16.1. The molecule has 2 rings (SSSR count). The smallest absolute Gasteiger partial charge is 0.200 e. The first-order valence-corrected chi connectivity index (χ1v) is 7.46. The third-order valence-corrected chi connectivity index (χ3v) is 4.75.